The topological polar surface area (TPSA) is 43.2 Å². The fourth-order valence-corrected chi connectivity index (χ4v) is 5.68. The van der Waals surface area contributed by atoms with E-state index in [-0.39, 0.29) is 0 Å². The lowest BCUT2D eigenvalue weighted by atomic mass is 9.95. The summed E-state index contributed by atoms with van der Waals surface area (Å²) >= 11 is 1.66. The summed E-state index contributed by atoms with van der Waals surface area (Å²) in [5.41, 5.74) is 2.52. The van der Waals surface area contributed by atoms with Crippen LogP contribution in [-0.2, 0) is 13.0 Å². The highest BCUT2D eigenvalue weighted by Crippen LogP contribution is 2.37. The molecule has 0 atom stereocenters. The number of rotatable bonds is 4. The van der Waals surface area contributed by atoms with Gasteiger partial charge in [-0.05, 0) is 48.7 Å². The number of nitrogens with zero attached hydrogens (tertiary/aromatic N) is 4. The molecule has 0 spiro atoms. The van der Waals surface area contributed by atoms with Crippen LogP contribution in [0.1, 0.15) is 30.1 Å². The summed E-state index contributed by atoms with van der Waals surface area (Å²) in [4.78, 5) is 2.60. The zero-order chi connectivity index (χ0) is 20.6. The molecule has 6 rings (SSSR count). The SMILES string of the molecule is c1ccc2cc(CCN3CCC(c4nnc5n4CCOc4cscc4-5)CC3)ccc2c1. The van der Waals surface area contributed by atoms with Crippen LogP contribution in [0.5, 0.6) is 5.75 Å². The number of piperidine rings is 1. The molecule has 31 heavy (non-hydrogen) atoms. The van der Waals surface area contributed by atoms with E-state index in [9.17, 15) is 0 Å². The molecule has 2 aliphatic heterocycles. The molecule has 0 amide bonds. The molecule has 158 valence electrons. The van der Waals surface area contributed by atoms with Crippen LogP contribution in [0, 0.1) is 0 Å². The van der Waals surface area contributed by atoms with E-state index in [0.29, 0.717) is 12.5 Å². The highest BCUT2D eigenvalue weighted by molar-refractivity contribution is 7.08. The van der Waals surface area contributed by atoms with Crippen LogP contribution in [0.4, 0.5) is 0 Å². The maximum absolute atomic E-state index is 5.90. The summed E-state index contributed by atoms with van der Waals surface area (Å²) < 4.78 is 8.20. The van der Waals surface area contributed by atoms with Gasteiger partial charge in [-0.15, -0.1) is 21.5 Å². The quantitative estimate of drug-likeness (QED) is 0.458. The van der Waals surface area contributed by atoms with Gasteiger partial charge in [0, 0.05) is 23.2 Å². The molecule has 2 aromatic heterocycles. The molecule has 0 saturated carbocycles. The molecule has 1 saturated heterocycles. The standard InChI is InChI=1S/C25H26N4OS/c1-2-4-21-15-18(5-6-19(21)3-1)7-10-28-11-8-20(9-12-28)24-26-27-25-22-16-31-17-23(22)30-14-13-29(24)25/h1-6,15-17,20H,7-14H2. The zero-order valence-corrected chi connectivity index (χ0v) is 18.4. The van der Waals surface area contributed by atoms with Gasteiger partial charge in [0.05, 0.1) is 12.1 Å². The van der Waals surface area contributed by atoms with Crippen molar-refractivity contribution in [3.05, 3.63) is 64.6 Å². The average molecular weight is 431 g/mol. The lowest BCUT2D eigenvalue weighted by Gasteiger charge is -2.31. The largest absolute Gasteiger partial charge is 0.490 e. The van der Waals surface area contributed by atoms with Gasteiger partial charge in [-0.1, -0.05) is 42.5 Å². The van der Waals surface area contributed by atoms with Crippen molar-refractivity contribution in [3.8, 4) is 17.1 Å². The first-order chi connectivity index (χ1) is 15.3. The zero-order valence-electron chi connectivity index (χ0n) is 17.5. The minimum absolute atomic E-state index is 0.485. The van der Waals surface area contributed by atoms with Crippen LogP contribution in [0.3, 0.4) is 0 Å². The van der Waals surface area contributed by atoms with E-state index < -0.39 is 0 Å². The van der Waals surface area contributed by atoms with Crippen LogP contribution >= 0.6 is 11.3 Å². The van der Waals surface area contributed by atoms with E-state index in [1.807, 2.05) is 0 Å². The van der Waals surface area contributed by atoms with E-state index in [2.05, 4.69) is 72.9 Å². The van der Waals surface area contributed by atoms with E-state index in [0.717, 1.165) is 68.4 Å². The Morgan fingerprint density at radius 3 is 2.74 bits per heavy atom. The minimum Gasteiger partial charge on any atom is -0.490 e. The van der Waals surface area contributed by atoms with Gasteiger partial charge in [0.15, 0.2) is 5.82 Å². The number of fused-ring (bicyclic) bond motifs is 4. The monoisotopic (exact) mass is 430 g/mol. The molecule has 4 heterocycles. The van der Waals surface area contributed by atoms with Crippen molar-refractivity contribution < 1.29 is 4.74 Å². The third-order valence-electron chi connectivity index (χ3n) is 6.70. The van der Waals surface area contributed by atoms with E-state index in [4.69, 9.17) is 4.74 Å². The second-order valence-corrected chi connectivity index (χ2v) is 9.32. The Hall–Kier alpha value is -2.70. The minimum atomic E-state index is 0.485. The number of thiophene rings is 1. The maximum Gasteiger partial charge on any atom is 0.168 e. The smallest absolute Gasteiger partial charge is 0.168 e. The predicted octanol–water partition coefficient (Wildman–Crippen LogP) is 4.97. The van der Waals surface area contributed by atoms with Crippen LogP contribution in [0.15, 0.2) is 53.2 Å². The van der Waals surface area contributed by atoms with Crippen molar-refractivity contribution in [3.63, 3.8) is 0 Å². The summed E-state index contributed by atoms with van der Waals surface area (Å²) in [7, 11) is 0. The molecular formula is C25H26N4OS. The number of ether oxygens (including phenoxy) is 1. The van der Waals surface area contributed by atoms with Gasteiger partial charge in [0.25, 0.3) is 0 Å². The van der Waals surface area contributed by atoms with E-state index in [1.54, 1.807) is 11.3 Å². The maximum atomic E-state index is 5.90. The normalized spacial score (nSPS) is 17.2. The molecule has 2 aliphatic rings. The summed E-state index contributed by atoms with van der Waals surface area (Å²) in [6, 6.07) is 15.5. The van der Waals surface area contributed by atoms with Crippen LogP contribution in [-0.4, -0.2) is 45.9 Å². The second-order valence-electron chi connectivity index (χ2n) is 8.58. The third-order valence-corrected chi connectivity index (χ3v) is 7.42. The second kappa shape index (κ2) is 8.09. The molecule has 0 aliphatic carbocycles. The fourth-order valence-electron chi connectivity index (χ4n) is 4.94. The van der Waals surface area contributed by atoms with Crippen molar-refractivity contribution >= 4 is 22.1 Å². The van der Waals surface area contributed by atoms with Gasteiger partial charge >= 0.3 is 0 Å². The molecule has 0 unspecified atom stereocenters. The lowest BCUT2D eigenvalue weighted by Crippen LogP contribution is -2.35. The highest BCUT2D eigenvalue weighted by Gasteiger charge is 2.28. The number of hydrogen-bond acceptors (Lipinski definition) is 5. The predicted molar refractivity (Wildman–Crippen MR) is 125 cm³/mol. The average Bonchev–Trinajstić information content (AvgIpc) is 3.41. The van der Waals surface area contributed by atoms with Crippen molar-refractivity contribution in [1.82, 2.24) is 19.7 Å². The van der Waals surface area contributed by atoms with Crippen LogP contribution < -0.4 is 4.74 Å². The first-order valence-corrected chi connectivity index (χ1v) is 12.1. The van der Waals surface area contributed by atoms with Gasteiger partial charge < -0.3 is 14.2 Å². The van der Waals surface area contributed by atoms with Gasteiger partial charge in [-0.2, -0.15) is 0 Å². The van der Waals surface area contributed by atoms with Gasteiger partial charge in [-0.25, -0.2) is 0 Å². The Balaban J connectivity index is 1.10. The fraction of sp³-hybridized carbons (Fsp3) is 0.360. The Morgan fingerprint density at radius 1 is 0.968 bits per heavy atom. The number of aromatic nitrogens is 3. The summed E-state index contributed by atoms with van der Waals surface area (Å²) in [5.74, 6) is 3.55. The van der Waals surface area contributed by atoms with Gasteiger partial charge in [0.2, 0.25) is 0 Å². The van der Waals surface area contributed by atoms with Gasteiger partial charge in [0.1, 0.15) is 18.2 Å². The van der Waals surface area contributed by atoms with E-state index in [1.165, 1.54) is 16.3 Å². The lowest BCUT2D eigenvalue weighted by molar-refractivity contribution is 0.208. The number of benzene rings is 2. The molecule has 2 aromatic carbocycles. The Bertz CT molecular complexity index is 1210. The highest BCUT2D eigenvalue weighted by atomic mass is 32.1. The molecule has 4 aromatic rings. The molecule has 0 N–H and O–H groups in total. The van der Waals surface area contributed by atoms with E-state index >= 15 is 0 Å². The Kier molecular flexibility index (Phi) is 4.97. The molecule has 0 radical (unpaired) electrons. The molecule has 1 fully saturated rings. The molecule has 5 nitrogen and oxygen atoms in total. The Morgan fingerprint density at radius 2 is 1.84 bits per heavy atom. The van der Waals surface area contributed by atoms with Crippen LogP contribution in [0.25, 0.3) is 22.2 Å². The summed E-state index contributed by atoms with van der Waals surface area (Å²) in [5, 5.41) is 16.0. The first kappa shape index (κ1) is 19.0. The molecular weight excluding hydrogens is 404 g/mol. The number of hydrogen-bond donors (Lipinski definition) is 0. The first-order valence-electron chi connectivity index (χ1n) is 11.2. The molecule has 6 heteroatoms. The Labute approximate surface area is 186 Å². The van der Waals surface area contributed by atoms with Crippen molar-refractivity contribution in [2.45, 2.75) is 31.7 Å². The summed E-state index contributed by atoms with van der Waals surface area (Å²) in [6.07, 6.45) is 3.40. The number of likely N-dealkylation sites (tertiary alicyclic amines) is 1. The summed E-state index contributed by atoms with van der Waals surface area (Å²) in [6.45, 7) is 4.89. The molecule has 0 bridgehead atoms. The van der Waals surface area contributed by atoms with Crippen molar-refractivity contribution in [2.24, 2.45) is 0 Å². The third kappa shape index (κ3) is 3.64. The van der Waals surface area contributed by atoms with Crippen molar-refractivity contribution in [1.29, 1.82) is 0 Å². The van der Waals surface area contributed by atoms with Crippen LogP contribution in [0.2, 0.25) is 0 Å². The van der Waals surface area contributed by atoms with Crippen molar-refractivity contribution in [2.75, 3.05) is 26.2 Å². The van der Waals surface area contributed by atoms with Gasteiger partial charge in [-0.3, -0.25) is 0 Å².